The zero-order valence-electron chi connectivity index (χ0n) is 17.6. The number of piperidine rings is 1. The van der Waals surface area contributed by atoms with Crippen LogP contribution in [-0.2, 0) is 20.9 Å². The number of nitrogens with one attached hydrogen (secondary N) is 2. The standard InChI is InChI=1S/C24H30N2O4/c1-24(2,17-26-23(28)29-16-18-10-5-3-6-11-18)30-22(27)20-14-9-15-25-21(20)19-12-7-4-8-13-19/h3-8,10-13,20-21,25H,9,14-17H2,1-2H3,(H,26,28)/t20-,21+/m0/s1. The fourth-order valence-corrected chi connectivity index (χ4v) is 3.60. The van der Waals surface area contributed by atoms with Crippen LogP contribution in [0.15, 0.2) is 60.7 Å². The molecule has 2 atom stereocenters. The molecule has 0 bridgehead atoms. The van der Waals surface area contributed by atoms with Crippen molar-refractivity contribution in [3.63, 3.8) is 0 Å². The summed E-state index contributed by atoms with van der Waals surface area (Å²) in [6.07, 6.45) is 1.16. The van der Waals surface area contributed by atoms with E-state index in [9.17, 15) is 9.59 Å². The summed E-state index contributed by atoms with van der Waals surface area (Å²) in [6.45, 7) is 4.82. The fraction of sp³-hybridized carbons (Fsp3) is 0.417. The van der Waals surface area contributed by atoms with E-state index in [1.807, 2.05) is 60.7 Å². The van der Waals surface area contributed by atoms with Crippen LogP contribution in [0.4, 0.5) is 4.79 Å². The van der Waals surface area contributed by atoms with Crippen molar-refractivity contribution in [1.29, 1.82) is 0 Å². The molecule has 0 spiro atoms. The number of carbonyl (C=O) groups is 2. The van der Waals surface area contributed by atoms with Crippen molar-refractivity contribution in [2.24, 2.45) is 5.92 Å². The second-order valence-electron chi connectivity index (χ2n) is 8.19. The average molecular weight is 411 g/mol. The molecular weight excluding hydrogens is 380 g/mol. The number of amides is 1. The molecule has 3 rings (SSSR count). The molecular formula is C24H30N2O4. The van der Waals surface area contributed by atoms with Crippen LogP contribution < -0.4 is 10.6 Å². The maximum atomic E-state index is 12.9. The van der Waals surface area contributed by atoms with E-state index in [-0.39, 0.29) is 31.1 Å². The van der Waals surface area contributed by atoms with Crippen LogP contribution >= 0.6 is 0 Å². The molecule has 2 aromatic rings. The minimum absolute atomic E-state index is 0.0629. The van der Waals surface area contributed by atoms with Gasteiger partial charge in [-0.05, 0) is 44.4 Å². The van der Waals surface area contributed by atoms with Crippen LogP contribution in [0, 0.1) is 5.92 Å². The Kier molecular flexibility index (Phi) is 7.46. The number of hydrogen-bond acceptors (Lipinski definition) is 5. The highest BCUT2D eigenvalue weighted by Crippen LogP contribution is 2.31. The third kappa shape index (κ3) is 6.32. The number of esters is 1. The maximum absolute atomic E-state index is 12.9. The molecule has 0 aromatic heterocycles. The lowest BCUT2D eigenvalue weighted by Gasteiger charge is -2.34. The first-order chi connectivity index (χ1) is 14.4. The predicted octanol–water partition coefficient (Wildman–Crippen LogP) is 3.98. The van der Waals surface area contributed by atoms with Crippen LogP contribution in [0.5, 0.6) is 0 Å². The SMILES string of the molecule is CC(C)(CNC(=O)OCc1ccccc1)OC(=O)[C@H]1CCCN[C@@H]1c1ccccc1. The Morgan fingerprint density at radius 1 is 1.07 bits per heavy atom. The van der Waals surface area contributed by atoms with Gasteiger partial charge in [0.2, 0.25) is 0 Å². The van der Waals surface area contributed by atoms with Gasteiger partial charge < -0.3 is 20.1 Å². The van der Waals surface area contributed by atoms with Gasteiger partial charge in [-0.3, -0.25) is 4.79 Å². The largest absolute Gasteiger partial charge is 0.458 e. The van der Waals surface area contributed by atoms with Crippen molar-refractivity contribution in [3.8, 4) is 0 Å². The van der Waals surface area contributed by atoms with Gasteiger partial charge in [0.1, 0.15) is 12.2 Å². The smallest absolute Gasteiger partial charge is 0.407 e. The van der Waals surface area contributed by atoms with Gasteiger partial charge in [-0.2, -0.15) is 0 Å². The molecule has 0 aliphatic carbocycles. The molecule has 1 aliphatic rings. The first kappa shape index (κ1) is 21.8. The van der Waals surface area contributed by atoms with Crippen molar-refractivity contribution in [2.75, 3.05) is 13.1 Å². The van der Waals surface area contributed by atoms with Gasteiger partial charge in [-0.25, -0.2) is 4.79 Å². The molecule has 30 heavy (non-hydrogen) atoms. The molecule has 1 fully saturated rings. The predicted molar refractivity (Wildman–Crippen MR) is 115 cm³/mol. The monoisotopic (exact) mass is 410 g/mol. The Labute approximate surface area is 178 Å². The third-order valence-electron chi connectivity index (χ3n) is 5.17. The van der Waals surface area contributed by atoms with Gasteiger partial charge in [0.25, 0.3) is 0 Å². The topological polar surface area (TPSA) is 76.7 Å². The van der Waals surface area contributed by atoms with Gasteiger partial charge in [-0.15, -0.1) is 0 Å². The molecule has 6 heteroatoms. The lowest BCUT2D eigenvalue weighted by molar-refractivity contribution is -0.163. The Morgan fingerprint density at radius 3 is 2.43 bits per heavy atom. The lowest BCUT2D eigenvalue weighted by Crippen LogP contribution is -2.45. The molecule has 1 amide bonds. The van der Waals surface area contributed by atoms with Crippen molar-refractivity contribution >= 4 is 12.1 Å². The molecule has 0 radical (unpaired) electrons. The minimum Gasteiger partial charge on any atom is -0.458 e. The van der Waals surface area contributed by atoms with E-state index >= 15 is 0 Å². The number of ether oxygens (including phenoxy) is 2. The van der Waals surface area contributed by atoms with Gasteiger partial charge in [-0.1, -0.05) is 60.7 Å². The lowest BCUT2D eigenvalue weighted by atomic mass is 9.86. The van der Waals surface area contributed by atoms with Crippen molar-refractivity contribution in [1.82, 2.24) is 10.6 Å². The van der Waals surface area contributed by atoms with Crippen LogP contribution in [0.3, 0.4) is 0 Å². The molecule has 0 saturated carbocycles. The first-order valence-electron chi connectivity index (χ1n) is 10.4. The summed E-state index contributed by atoms with van der Waals surface area (Å²) in [7, 11) is 0. The number of benzene rings is 2. The fourth-order valence-electron chi connectivity index (χ4n) is 3.60. The molecule has 1 heterocycles. The van der Waals surface area contributed by atoms with Gasteiger partial charge >= 0.3 is 12.1 Å². The normalized spacial score (nSPS) is 19.0. The summed E-state index contributed by atoms with van der Waals surface area (Å²) in [5, 5.41) is 6.13. The molecule has 6 nitrogen and oxygen atoms in total. The first-order valence-corrected chi connectivity index (χ1v) is 10.4. The molecule has 2 aromatic carbocycles. The van der Waals surface area contributed by atoms with E-state index in [1.54, 1.807) is 13.8 Å². The Bertz CT molecular complexity index is 824. The van der Waals surface area contributed by atoms with Crippen LogP contribution in [0.1, 0.15) is 43.9 Å². The van der Waals surface area contributed by atoms with Crippen LogP contribution in [-0.4, -0.2) is 30.8 Å². The average Bonchev–Trinajstić information content (AvgIpc) is 2.77. The van der Waals surface area contributed by atoms with E-state index in [1.165, 1.54) is 0 Å². The highest BCUT2D eigenvalue weighted by atomic mass is 16.6. The highest BCUT2D eigenvalue weighted by Gasteiger charge is 2.36. The molecule has 1 aliphatic heterocycles. The van der Waals surface area contributed by atoms with E-state index in [4.69, 9.17) is 9.47 Å². The second kappa shape index (κ2) is 10.3. The maximum Gasteiger partial charge on any atom is 0.407 e. The summed E-state index contributed by atoms with van der Waals surface area (Å²) in [5.41, 5.74) is 1.15. The summed E-state index contributed by atoms with van der Waals surface area (Å²) < 4.78 is 11.0. The number of alkyl carbamates (subject to hydrolysis) is 1. The minimum atomic E-state index is -0.846. The summed E-state index contributed by atoms with van der Waals surface area (Å²) in [4.78, 5) is 25.0. The molecule has 1 saturated heterocycles. The zero-order chi connectivity index (χ0) is 21.4. The number of hydrogen-bond donors (Lipinski definition) is 2. The summed E-state index contributed by atoms with van der Waals surface area (Å²) >= 11 is 0. The van der Waals surface area contributed by atoms with Gasteiger partial charge in [0.15, 0.2) is 0 Å². The molecule has 0 unspecified atom stereocenters. The Morgan fingerprint density at radius 2 is 1.73 bits per heavy atom. The van der Waals surface area contributed by atoms with Crippen LogP contribution in [0.2, 0.25) is 0 Å². The van der Waals surface area contributed by atoms with Crippen molar-refractivity contribution < 1.29 is 19.1 Å². The zero-order valence-corrected chi connectivity index (χ0v) is 17.6. The second-order valence-corrected chi connectivity index (χ2v) is 8.19. The quantitative estimate of drug-likeness (QED) is 0.676. The van der Waals surface area contributed by atoms with E-state index in [0.717, 1.165) is 30.5 Å². The van der Waals surface area contributed by atoms with E-state index in [2.05, 4.69) is 10.6 Å². The number of carbonyl (C=O) groups excluding carboxylic acids is 2. The number of rotatable bonds is 7. The third-order valence-corrected chi connectivity index (χ3v) is 5.17. The summed E-state index contributed by atoms with van der Waals surface area (Å²) in [5.74, 6) is -0.508. The van der Waals surface area contributed by atoms with Crippen LogP contribution in [0.25, 0.3) is 0 Å². The van der Waals surface area contributed by atoms with Crippen molar-refractivity contribution in [3.05, 3.63) is 71.8 Å². The van der Waals surface area contributed by atoms with Gasteiger partial charge in [0.05, 0.1) is 12.5 Å². The molecule has 2 N–H and O–H groups in total. The molecule has 160 valence electrons. The van der Waals surface area contributed by atoms with Gasteiger partial charge in [0, 0.05) is 6.04 Å². The van der Waals surface area contributed by atoms with E-state index < -0.39 is 11.7 Å². The Hall–Kier alpha value is -2.86. The summed E-state index contributed by atoms with van der Waals surface area (Å²) in [6, 6.07) is 19.4. The highest BCUT2D eigenvalue weighted by molar-refractivity contribution is 5.74. The van der Waals surface area contributed by atoms with Crippen molar-refractivity contribution in [2.45, 2.75) is 44.9 Å². The van der Waals surface area contributed by atoms with E-state index in [0.29, 0.717) is 0 Å². The Balaban J connectivity index is 1.50.